The van der Waals surface area contributed by atoms with E-state index in [0.717, 1.165) is 44.6 Å². The van der Waals surface area contributed by atoms with Crippen molar-refractivity contribution in [1.82, 2.24) is 19.6 Å². The fraction of sp³-hybridized carbons (Fsp3) is 0.565. The molecular formula is C23H29F3N4O2. The zero-order chi connectivity index (χ0) is 23.0. The van der Waals surface area contributed by atoms with E-state index in [9.17, 15) is 18.0 Å². The lowest BCUT2D eigenvalue weighted by atomic mass is 10.1. The maximum atomic E-state index is 13.4. The summed E-state index contributed by atoms with van der Waals surface area (Å²) in [5.74, 6) is -0.110. The zero-order valence-electron chi connectivity index (χ0n) is 18.7. The summed E-state index contributed by atoms with van der Waals surface area (Å²) in [6, 6.07) is 5.77. The Morgan fingerprint density at radius 2 is 1.88 bits per heavy atom. The van der Waals surface area contributed by atoms with Gasteiger partial charge in [-0.3, -0.25) is 9.69 Å². The van der Waals surface area contributed by atoms with E-state index in [1.807, 2.05) is 4.90 Å². The van der Waals surface area contributed by atoms with Gasteiger partial charge >= 0.3 is 6.18 Å². The number of carbonyl (C=O) groups excluding carboxylic acids is 1. The summed E-state index contributed by atoms with van der Waals surface area (Å²) < 4.78 is 46.3. The van der Waals surface area contributed by atoms with E-state index in [4.69, 9.17) is 4.74 Å². The summed E-state index contributed by atoms with van der Waals surface area (Å²) in [5.41, 5.74) is 1.09. The van der Waals surface area contributed by atoms with Crippen molar-refractivity contribution >= 4 is 5.91 Å². The number of hydrogen-bond donors (Lipinski definition) is 0. The lowest BCUT2D eigenvalue weighted by Gasteiger charge is -2.35. The van der Waals surface area contributed by atoms with Crippen molar-refractivity contribution in [2.75, 3.05) is 33.4 Å². The van der Waals surface area contributed by atoms with Crippen LogP contribution in [0.15, 0.2) is 24.3 Å². The molecule has 0 saturated carbocycles. The van der Waals surface area contributed by atoms with Gasteiger partial charge < -0.3 is 9.64 Å². The number of hydrogen-bond acceptors (Lipinski definition) is 4. The fourth-order valence-corrected chi connectivity index (χ4v) is 4.82. The summed E-state index contributed by atoms with van der Waals surface area (Å²) in [4.78, 5) is 17.6. The van der Waals surface area contributed by atoms with Crippen LogP contribution in [0.5, 0.6) is 0 Å². The molecule has 1 aromatic heterocycles. The standard InChI is InChI=1S/C23H29F3N4O2/c1-15-21(16(2)30(27-15)19-6-4-5-17(13-19)23(24,25)26)22(31)29-10-7-20(14-29)28(3)18-8-11-32-12-9-18/h4-6,13,18,20H,7-12,14H2,1-3H3/t20-/m1/s1. The number of amides is 1. The minimum Gasteiger partial charge on any atom is -0.381 e. The molecule has 0 radical (unpaired) electrons. The predicted molar refractivity (Wildman–Crippen MR) is 114 cm³/mol. The van der Waals surface area contributed by atoms with Crippen LogP contribution in [-0.2, 0) is 10.9 Å². The maximum absolute atomic E-state index is 13.4. The Bertz CT molecular complexity index is 982. The first kappa shape index (κ1) is 22.8. The van der Waals surface area contributed by atoms with E-state index >= 15 is 0 Å². The lowest BCUT2D eigenvalue weighted by Crippen LogP contribution is -2.44. The topological polar surface area (TPSA) is 50.6 Å². The van der Waals surface area contributed by atoms with Crippen LogP contribution in [0.3, 0.4) is 0 Å². The first-order chi connectivity index (χ1) is 15.2. The zero-order valence-corrected chi connectivity index (χ0v) is 18.7. The third-order valence-corrected chi connectivity index (χ3v) is 6.72. The molecule has 2 saturated heterocycles. The van der Waals surface area contributed by atoms with Gasteiger partial charge in [0, 0.05) is 38.4 Å². The Labute approximate surface area is 185 Å². The minimum atomic E-state index is -4.44. The number of rotatable bonds is 4. The third-order valence-electron chi connectivity index (χ3n) is 6.72. The summed E-state index contributed by atoms with van der Waals surface area (Å²) in [5, 5.41) is 4.40. The molecule has 1 amide bonds. The van der Waals surface area contributed by atoms with Crippen molar-refractivity contribution in [2.24, 2.45) is 0 Å². The van der Waals surface area contributed by atoms with Crippen molar-refractivity contribution in [3.05, 3.63) is 46.8 Å². The summed E-state index contributed by atoms with van der Waals surface area (Å²) >= 11 is 0. The molecule has 2 aliphatic heterocycles. The van der Waals surface area contributed by atoms with E-state index in [-0.39, 0.29) is 11.6 Å². The van der Waals surface area contributed by atoms with Gasteiger partial charge in [0.05, 0.1) is 28.2 Å². The molecule has 3 heterocycles. The third kappa shape index (κ3) is 4.41. The molecule has 0 unspecified atom stereocenters. The number of halogens is 3. The lowest BCUT2D eigenvalue weighted by molar-refractivity contribution is -0.137. The van der Waals surface area contributed by atoms with Crippen LogP contribution in [0, 0.1) is 13.8 Å². The molecule has 2 fully saturated rings. The summed E-state index contributed by atoms with van der Waals surface area (Å²) in [6.07, 6.45) is -1.53. The molecule has 4 rings (SSSR count). The molecule has 6 nitrogen and oxygen atoms in total. The highest BCUT2D eigenvalue weighted by atomic mass is 19.4. The molecular weight excluding hydrogens is 421 g/mol. The highest BCUT2D eigenvalue weighted by Gasteiger charge is 2.35. The average molecular weight is 451 g/mol. The van der Waals surface area contributed by atoms with Crippen molar-refractivity contribution in [2.45, 2.75) is 51.4 Å². The smallest absolute Gasteiger partial charge is 0.381 e. The highest BCUT2D eigenvalue weighted by Crippen LogP contribution is 2.31. The molecule has 1 aromatic carbocycles. The van der Waals surface area contributed by atoms with Gasteiger partial charge in [-0.15, -0.1) is 0 Å². The fourth-order valence-electron chi connectivity index (χ4n) is 4.82. The summed E-state index contributed by atoms with van der Waals surface area (Å²) in [6.45, 7) is 6.31. The number of nitrogens with zero attached hydrogens (tertiary/aromatic N) is 4. The van der Waals surface area contributed by atoms with Gasteiger partial charge in [0.2, 0.25) is 0 Å². The number of carbonyl (C=O) groups is 1. The second kappa shape index (κ2) is 8.86. The van der Waals surface area contributed by atoms with Crippen LogP contribution in [-0.4, -0.2) is 70.9 Å². The van der Waals surface area contributed by atoms with Gasteiger partial charge in [0.15, 0.2) is 0 Å². The van der Waals surface area contributed by atoms with Crippen molar-refractivity contribution in [3.63, 3.8) is 0 Å². The van der Waals surface area contributed by atoms with E-state index in [0.29, 0.717) is 42.1 Å². The molecule has 0 bridgehead atoms. The van der Waals surface area contributed by atoms with Gasteiger partial charge in [-0.2, -0.15) is 18.3 Å². The number of benzene rings is 1. The van der Waals surface area contributed by atoms with Crippen LogP contribution in [0.25, 0.3) is 5.69 Å². The quantitative estimate of drug-likeness (QED) is 0.711. The van der Waals surface area contributed by atoms with Gasteiger partial charge in [-0.1, -0.05) is 6.07 Å². The van der Waals surface area contributed by atoms with Crippen LogP contribution >= 0.6 is 0 Å². The second-order valence-corrected chi connectivity index (χ2v) is 8.71. The number of aryl methyl sites for hydroxylation is 1. The Morgan fingerprint density at radius 1 is 1.16 bits per heavy atom. The van der Waals surface area contributed by atoms with Crippen molar-refractivity contribution in [1.29, 1.82) is 0 Å². The first-order valence-electron chi connectivity index (χ1n) is 11.0. The Morgan fingerprint density at radius 3 is 2.56 bits per heavy atom. The Balaban J connectivity index is 1.52. The van der Waals surface area contributed by atoms with Gasteiger partial charge in [0.25, 0.3) is 5.91 Å². The van der Waals surface area contributed by atoms with Crippen molar-refractivity contribution in [3.8, 4) is 5.69 Å². The van der Waals surface area contributed by atoms with Gasteiger partial charge in [0.1, 0.15) is 0 Å². The summed E-state index contributed by atoms with van der Waals surface area (Å²) in [7, 11) is 2.12. The van der Waals surface area contributed by atoms with Crippen LogP contribution in [0.4, 0.5) is 13.2 Å². The average Bonchev–Trinajstić information content (AvgIpc) is 3.38. The molecule has 0 N–H and O–H groups in total. The Kier molecular flexibility index (Phi) is 6.31. The first-order valence-corrected chi connectivity index (χ1v) is 11.0. The molecule has 0 aliphatic carbocycles. The number of alkyl halides is 3. The molecule has 1 atom stereocenters. The molecule has 2 aliphatic rings. The maximum Gasteiger partial charge on any atom is 0.416 e. The Hall–Kier alpha value is -2.39. The molecule has 174 valence electrons. The van der Waals surface area contributed by atoms with Gasteiger partial charge in [-0.25, -0.2) is 4.68 Å². The normalized spacial score (nSPS) is 20.3. The van der Waals surface area contributed by atoms with Crippen LogP contribution < -0.4 is 0 Å². The molecule has 9 heteroatoms. The monoisotopic (exact) mass is 450 g/mol. The van der Waals surface area contributed by atoms with Gasteiger partial charge in [-0.05, 0) is 58.4 Å². The van der Waals surface area contributed by atoms with Crippen LogP contribution in [0.2, 0.25) is 0 Å². The second-order valence-electron chi connectivity index (χ2n) is 8.71. The molecule has 32 heavy (non-hydrogen) atoms. The molecule has 0 spiro atoms. The van der Waals surface area contributed by atoms with E-state index < -0.39 is 11.7 Å². The number of likely N-dealkylation sites (tertiary alicyclic amines) is 1. The number of aromatic nitrogens is 2. The minimum absolute atomic E-state index is 0.110. The van der Waals surface area contributed by atoms with E-state index in [1.165, 1.54) is 10.7 Å². The largest absolute Gasteiger partial charge is 0.416 e. The molecule has 2 aromatic rings. The highest BCUT2D eigenvalue weighted by molar-refractivity contribution is 5.96. The number of likely N-dealkylation sites (N-methyl/N-ethyl adjacent to an activating group) is 1. The van der Waals surface area contributed by atoms with Crippen LogP contribution in [0.1, 0.15) is 46.6 Å². The van der Waals surface area contributed by atoms with Crippen molar-refractivity contribution < 1.29 is 22.7 Å². The van der Waals surface area contributed by atoms with E-state index in [1.54, 1.807) is 19.9 Å². The van der Waals surface area contributed by atoms with E-state index in [2.05, 4.69) is 17.0 Å². The SMILES string of the molecule is Cc1nn(-c2cccc(C(F)(F)F)c2)c(C)c1C(=O)N1CC[C@@H](N(C)C2CCOCC2)C1. The number of ether oxygens (including phenoxy) is 1. The predicted octanol–water partition coefficient (Wildman–Crippen LogP) is 3.83.